The van der Waals surface area contributed by atoms with E-state index in [9.17, 15) is 9.59 Å². The minimum absolute atomic E-state index is 0.0547. The monoisotopic (exact) mass is 407 g/mol. The molecule has 2 aromatic carbocycles. The fourth-order valence-corrected chi connectivity index (χ4v) is 4.48. The molecule has 7 heteroatoms. The van der Waals surface area contributed by atoms with Gasteiger partial charge in [0.25, 0.3) is 5.91 Å². The molecule has 0 saturated heterocycles. The largest absolute Gasteiger partial charge is 0.496 e. The Morgan fingerprint density at radius 2 is 1.90 bits per heavy atom. The van der Waals surface area contributed by atoms with Crippen LogP contribution < -0.4 is 15.4 Å². The predicted octanol–water partition coefficient (Wildman–Crippen LogP) is 3.75. The lowest BCUT2D eigenvalue weighted by Crippen LogP contribution is -2.28. The Bertz CT molecular complexity index is 1030. The van der Waals surface area contributed by atoms with Crippen LogP contribution in [-0.2, 0) is 17.8 Å². The van der Waals surface area contributed by atoms with Crippen LogP contribution in [0.3, 0.4) is 0 Å². The third-order valence-electron chi connectivity index (χ3n) is 4.94. The molecule has 1 aliphatic carbocycles. The van der Waals surface area contributed by atoms with Crippen LogP contribution in [0.25, 0.3) is 0 Å². The average Bonchev–Trinajstić information content (AvgIpc) is 3.33. The van der Waals surface area contributed by atoms with Crippen molar-refractivity contribution in [2.75, 3.05) is 12.4 Å². The van der Waals surface area contributed by atoms with Gasteiger partial charge in [0.15, 0.2) is 5.13 Å². The topological polar surface area (TPSA) is 80.3 Å². The number of carbonyl (C=O) groups is 2. The average molecular weight is 407 g/mol. The van der Waals surface area contributed by atoms with Gasteiger partial charge in [-0.25, -0.2) is 4.98 Å². The molecule has 2 N–H and O–H groups in total. The van der Waals surface area contributed by atoms with Crippen molar-refractivity contribution in [1.29, 1.82) is 0 Å². The Morgan fingerprint density at radius 1 is 1.14 bits per heavy atom. The Hall–Kier alpha value is -3.19. The Kier molecular flexibility index (Phi) is 5.57. The van der Waals surface area contributed by atoms with Crippen LogP contribution in [0, 0.1) is 0 Å². The molecule has 6 nitrogen and oxygen atoms in total. The van der Waals surface area contributed by atoms with Crippen molar-refractivity contribution in [2.24, 2.45) is 0 Å². The van der Waals surface area contributed by atoms with Gasteiger partial charge in [-0.1, -0.05) is 36.4 Å². The molecule has 1 aliphatic rings. The van der Waals surface area contributed by atoms with Crippen molar-refractivity contribution in [3.8, 4) is 5.75 Å². The highest BCUT2D eigenvalue weighted by Crippen LogP contribution is 2.38. The van der Waals surface area contributed by atoms with E-state index in [0.717, 1.165) is 34.7 Å². The van der Waals surface area contributed by atoms with Crippen LogP contribution in [0.1, 0.15) is 38.8 Å². The Labute approximate surface area is 172 Å². The summed E-state index contributed by atoms with van der Waals surface area (Å²) in [5, 5.41) is 6.36. The van der Waals surface area contributed by atoms with E-state index in [1.807, 2.05) is 42.5 Å². The van der Waals surface area contributed by atoms with Gasteiger partial charge in [-0.3, -0.25) is 14.9 Å². The molecule has 4 rings (SSSR count). The summed E-state index contributed by atoms with van der Waals surface area (Å²) >= 11 is 1.44. The zero-order valence-corrected chi connectivity index (χ0v) is 16.8. The molecule has 148 valence electrons. The number of aryl methyl sites for hydroxylation is 1. The second-order valence-corrected chi connectivity index (χ2v) is 7.85. The summed E-state index contributed by atoms with van der Waals surface area (Å²) in [6.07, 6.45) is 1.53. The standard InChI is InChI=1S/C22H21N3O3S/c1-28-17-10-6-5-9-15(17)13-23-21(27)16-11-12-18-19(16)24-22(29-18)25-20(26)14-7-3-2-4-8-14/h2-10,16H,11-13H2,1H3,(H,23,27)(H,24,25,26). The first kappa shape index (κ1) is 19.1. The predicted molar refractivity (Wildman–Crippen MR) is 112 cm³/mol. The maximum Gasteiger partial charge on any atom is 0.257 e. The van der Waals surface area contributed by atoms with Gasteiger partial charge < -0.3 is 10.1 Å². The SMILES string of the molecule is COc1ccccc1CNC(=O)C1CCc2sc(NC(=O)c3ccccc3)nc21. The van der Waals surface area contributed by atoms with Crippen molar-refractivity contribution in [1.82, 2.24) is 10.3 Å². The fraction of sp³-hybridized carbons (Fsp3) is 0.227. The molecule has 0 spiro atoms. The number of carbonyl (C=O) groups excluding carboxylic acids is 2. The van der Waals surface area contributed by atoms with Crippen molar-refractivity contribution in [2.45, 2.75) is 25.3 Å². The fourth-order valence-electron chi connectivity index (χ4n) is 3.45. The number of ether oxygens (including phenoxy) is 1. The molecule has 0 bridgehead atoms. The number of aromatic nitrogens is 1. The number of benzene rings is 2. The molecule has 29 heavy (non-hydrogen) atoms. The minimum Gasteiger partial charge on any atom is -0.496 e. The number of methoxy groups -OCH3 is 1. The molecule has 1 heterocycles. The van der Waals surface area contributed by atoms with E-state index in [1.165, 1.54) is 11.3 Å². The van der Waals surface area contributed by atoms with E-state index in [1.54, 1.807) is 19.2 Å². The third-order valence-corrected chi connectivity index (χ3v) is 5.98. The van der Waals surface area contributed by atoms with Crippen LogP contribution in [0.5, 0.6) is 5.75 Å². The summed E-state index contributed by atoms with van der Waals surface area (Å²) in [5.74, 6) is 0.203. The van der Waals surface area contributed by atoms with Crippen LogP contribution >= 0.6 is 11.3 Å². The Balaban J connectivity index is 1.42. The number of amides is 2. The lowest BCUT2D eigenvalue weighted by Gasteiger charge is -2.12. The number of rotatable bonds is 6. The number of nitrogens with one attached hydrogen (secondary N) is 2. The van der Waals surface area contributed by atoms with Gasteiger partial charge in [0.1, 0.15) is 5.75 Å². The quantitative estimate of drug-likeness (QED) is 0.652. The van der Waals surface area contributed by atoms with Gasteiger partial charge in [0.2, 0.25) is 5.91 Å². The summed E-state index contributed by atoms with van der Waals surface area (Å²) in [4.78, 5) is 30.7. The summed E-state index contributed by atoms with van der Waals surface area (Å²) in [5.41, 5.74) is 2.28. The Morgan fingerprint density at radius 3 is 2.69 bits per heavy atom. The highest BCUT2D eigenvalue weighted by atomic mass is 32.1. The number of hydrogen-bond acceptors (Lipinski definition) is 5. The van der Waals surface area contributed by atoms with Crippen LogP contribution in [0.15, 0.2) is 54.6 Å². The maximum absolute atomic E-state index is 12.8. The molecule has 3 aromatic rings. The van der Waals surface area contributed by atoms with Gasteiger partial charge >= 0.3 is 0 Å². The van der Waals surface area contributed by atoms with Crippen molar-refractivity contribution >= 4 is 28.3 Å². The summed E-state index contributed by atoms with van der Waals surface area (Å²) in [7, 11) is 1.62. The van der Waals surface area contributed by atoms with Crippen molar-refractivity contribution in [3.63, 3.8) is 0 Å². The molecule has 2 amide bonds. The smallest absolute Gasteiger partial charge is 0.257 e. The lowest BCUT2D eigenvalue weighted by molar-refractivity contribution is -0.122. The summed E-state index contributed by atoms with van der Waals surface area (Å²) in [6.45, 7) is 0.399. The number of anilines is 1. The first-order valence-corrected chi connectivity index (χ1v) is 10.2. The van der Waals surface area contributed by atoms with E-state index >= 15 is 0 Å². The van der Waals surface area contributed by atoms with Gasteiger partial charge in [-0.05, 0) is 31.0 Å². The molecule has 1 aromatic heterocycles. The van der Waals surface area contributed by atoms with Crippen molar-refractivity contribution < 1.29 is 14.3 Å². The highest BCUT2D eigenvalue weighted by molar-refractivity contribution is 7.16. The van der Waals surface area contributed by atoms with Gasteiger partial charge in [-0.15, -0.1) is 11.3 Å². The zero-order chi connectivity index (χ0) is 20.2. The lowest BCUT2D eigenvalue weighted by atomic mass is 10.1. The molecule has 1 atom stereocenters. The molecule has 0 saturated carbocycles. The molecular weight excluding hydrogens is 386 g/mol. The van der Waals surface area contributed by atoms with Crippen LogP contribution in [-0.4, -0.2) is 23.9 Å². The highest BCUT2D eigenvalue weighted by Gasteiger charge is 2.32. The van der Waals surface area contributed by atoms with E-state index < -0.39 is 0 Å². The normalized spacial score (nSPS) is 14.9. The van der Waals surface area contributed by atoms with Gasteiger partial charge in [0.05, 0.1) is 18.7 Å². The number of nitrogens with zero attached hydrogens (tertiary/aromatic N) is 1. The second-order valence-electron chi connectivity index (χ2n) is 6.77. The number of hydrogen-bond donors (Lipinski definition) is 2. The molecular formula is C22H21N3O3S. The third kappa shape index (κ3) is 4.14. The molecule has 0 aliphatic heterocycles. The first-order chi connectivity index (χ1) is 14.2. The second kappa shape index (κ2) is 8.45. The molecule has 0 radical (unpaired) electrons. The summed E-state index contributed by atoms with van der Waals surface area (Å²) < 4.78 is 5.33. The van der Waals surface area contributed by atoms with E-state index in [2.05, 4.69) is 15.6 Å². The molecule has 1 unspecified atom stereocenters. The first-order valence-electron chi connectivity index (χ1n) is 9.41. The van der Waals surface area contributed by atoms with E-state index in [-0.39, 0.29) is 17.7 Å². The van der Waals surface area contributed by atoms with Crippen molar-refractivity contribution in [3.05, 3.63) is 76.3 Å². The molecule has 0 fully saturated rings. The summed E-state index contributed by atoms with van der Waals surface area (Å²) in [6, 6.07) is 16.6. The maximum atomic E-state index is 12.8. The van der Waals surface area contributed by atoms with Crippen LogP contribution in [0.4, 0.5) is 5.13 Å². The van der Waals surface area contributed by atoms with E-state index in [4.69, 9.17) is 4.74 Å². The van der Waals surface area contributed by atoms with Crippen LogP contribution in [0.2, 0.25) is 0 Å². The number of para-hydroxylation sites is 1. The van der Waals surface area contributed by atoms with E-state index in [0.29, 0.717) is 17.2 Å². The zero-order valence-electron chi connectivity index (χ0n) is 16.0. The number of fused-ring (bicyclic) bond motifs is 1. The van der Waals surface area contributed by atoms with Gasteiger partial charge in [-0.2, -0.15) is 0 Å². The minimum atomic E-state index is -0.293. The number of thiazole rings is 1. The van der Waals surface area contributed by atoms with Gasteiger partial charge in [0, 0.05) is 22.5 Å².